The number of alkyl halides is 3. The van der Waals surface area contributed by atoms with Crippen molar-refractivity contribution in [2.75, 3.05) is 45.9 Å². The molecule has 0 unspecified atom stereocenters. The van der Waals surface area contributed by atoms with Crippen LogP contribution in [0.3, 0.4) is 0 Å². The van der Waals surface area contributed by atoms with Crippen LogP contribution in [0.2, 0.25) is 0 Å². The zero-order chi connectivity index (χ0) is 23.9. The minimum Gasteiger partial charge on any atom is -0.372 e. The van der Waals surface area contributed by atoms with E-state index in [4.69, 9.17) is 0 Å². The van der Waals surface area contributed by atoms with Crippen LogP contribution in [0.4, 0.5) is 13.2 Å². The Balaban J connectivity index is 1.49. The van der Waals surface area contributed by atoms with E-state index in [1.807, 2.05) is 0 Å². The van der Waals surface area contributed by atoms with Gasteiger partial charge in [-0.15, -0.1) is 0 Å². The number of rotatable bonds is 9. The maximum absolute atomic E-state index is 12.9. The SMILES string of the molecule is O=C(c1cccc(CS(=O)(=O)c2ccccc2)c1)N1CCN(CCCOCC(F)(F)F)CC1. The number of amides is 1. The minimum absolute atomic E-state index is 0.0390. The van der Waals surface area contributed by atoms with Gasteiger partial charge in [0, 0.05) is 44.9 Å². The number of hydrogen-bond acceptors (Lipinski definition) is 5. The highest BCUT2D eigenvalue weighted by Gasteiger charge is 2.27. The standard InChI is InChI=1S/C23H27F3N2O4S/c24-23(25,26)18-32-15-5-10-27-11-13-28(14-12-27)22(29)20-7-4-6-19(16-20)17-33(30,31)21-8-2-1-3-9-21/h1-4,6-9,16H,5,10-15,17-18H2. The third kappa shape index (κ3) is 7.83. The quantitative estimate of drug-likeness (QED) is 0.511. The molecule has 1 amide bonds. The Kier molecular flexibility index (Phi) is 8.50. The highest BCUT2D eigenvalue weighted by Crippen LogP contribution is 2.18. The van der Waals surface area contributed by atoms with Crippen LogP contribution in [-0.4, -0.2) is 76.2 Å². The Hall–Kier alpha value is -2.43. The molecule has 0 radical (unpaired) electrons. The molecule has 0 aliphatic carbocycles. The molecule has 0 bridgehead atoms. The number of carbonyl (C=O) groups excluding carboxylic acids is 1. The van der Waals surface area contributed by atoms with Crippen molar-refractivity contribution in [3.63, 3.8) is 0 Å². The zero-order valence-corrected chi connectivity index (χ0v) is 18.9. The van der Waals surface area contributed by atoms with E-state index in [1.54, 1.807) is 59.5 Å². The van der Waals surface area contributed by atoms with Gasteiger partial charge in [-0.3, -0.25) is 9.69 Å². The lowest BCUT2D eigenvalue weighted by Crippen LogP contribution is -2.49. The van der Waals surface area contributed by atoms with E-state index < -0.39 is 22.6 Å². The molecule has 3 rings (SSSR count). The van der Waals surface area contributed by atoms with E-state index in [0.29, 0.717) is 50.3 Å². The molecular formula is C23H27F3N2O4S. The molecule has 0 N–H and O–H groups in total. The number of nitrogens with zero attached hydrogens (tertiary/aromatic N) is 2. The third-order valence-corrected chi connectivity index (χ3v) is 7.02. The highest BCUT2D eigenvalue weighted by molar-refractivity contribution is 7.90. The predicted molar refractivity (Wildman–Crippen MR) is 118 cm³/mol. The number of ether oxygens (including phenoxy) is 1. The second-order valence-corrected chi connectivity index (χ2v) is 9.92. The zero-order valence-electron chi connectivity index (χ0n) is 18.1. The molecular weight excluding hydrogens is 457 g/mol. The molecule has 1 fully saturated rings. The Morgan fingerprint density at radius 3 is 2.33 bits per heavy atom. The Bertz CT molecular complexity index is 1020. The van der Waals surface area contributed by atoms with E-state index in [0.717, 1.165) is 0 Å². The number of halogens is 3. The van der Waals surface area contributed by atoms with Crippen LogP contribution in [0.5, 0.6) is 0 Å². The normalized spacial score (nSPS) is 15.5. The van der Waals surface area contributed by atoms with Gasteiger partial charge in [0.2, 0.25) is 0 Å². The molecule has 2 aromatic rings. The Morgan fingerprint density at radius 1 is 0.970 bits per heavy atom. The van der Waals surface area contributed by atoms with Gasteiger partial charge >= 0.3 is 6.18 Å². The van der Waals surface area contributed by atoms with Gasteiger partial charge < -0.3 is 9.64 Å². The van der Waals surface area contributed by atoms with Crippen LogP contribution in [0.1, 0.15) is 22.3 Å². The van der Waals surface area contributed by atoms with Gasteiger partial charge in [0.1, 0.15) is 6.61 Å². The Labute approximate surface area is 191 Å². The fourth-order valence-electron chi connectivity index (χ4n) is 3.66. The fraction of sp³-hybridized carbons (Fsp3) is 0.435. The van der Waals surface area contributed by atoms with Gasteiger partial charge in [0.05, 0.1) is 10.6 Å². The molecule has 1 heterocycles. The van der Waals surface area contributed by atoms with Crippen LogP contribution >= 0.6 is 0 Å². The summed E-state index contributed by atoms with van der Waals surface area (Å²) in [5.74, 6) is -0.357. The second-order valence-electron chi connectivity index (χ2n) is 7.93. The largest absolute Gasteiger partial charge is 0.411 e. The Morgan fingerprint density at radius 2 is 1.67 bits per heavy atom. The van der Waals surface area contributed by atoms with Gasteiger partial charge in [0.15, 0.2) is 9.84 Å². The lowest BCUT2D eigenvalue weighted by Gasteiger charge is -2.34. The second kappa shape index (κ2) is 11.1. The van der Waals surface area contributed by atoms with Gasteiger partial charge in [-0.25, -0.2) is 8.42 Å². The molecule has 33 heavy (non-hydrogen) atoms. The van der Waals surface area contributed by atoms with E-state index in [-0.39, 0.29) is 23.2 Å². The summed E-state index contributed by atoms with van der Waals surface area (Å²) in [6.07, 6.45) is -3.82. The maximum atomic E-state index is 12.9. The third-order valence-electron chi connectivity index (χ3n) is 5.32. The molecule has 0 atom stereocenters. The number of benzene rings is 2. The monoisotopic (exact) mass is 484 g/mol. The van der Waals surface area contributed by atoms with E-state index >= 15 is 0 Å². The van der Waals surface area contributed by atoms with E-state index in [2.05, 4.69) is 9.64 Å². The smallest absolute Gasteiger partial charge is 0.372 e. The van der Waals surface area contributed by atoms with Gasteiger partial charge in [-0.05, 0) is 36.2 Å². The molecule has 0 spiro atoms. The van der Waals surface area contributed by atoms with Crippen LogP contribution in [-0.2, 0) is 20.3 Å². The highest BCUT2D eigenvalue weighted by atomic mass is 32.2. The van der Waals surface area contributed by atoms with Gasteiger partial charge in [0.25, 0.3) is 5.91 Å². The van der Waals surface area contributed by atoms with Crippen molar-refractivity contribution in [2.24, 2.45) is 0 Å². The van der Waals surface area contributed by atoms with Gasteiger partial charge in [-0.1, -0.05) is 30.3 Å². The number of hydrogen-bond donors (Lipinski definition) is 0. The molecule has 180 valence electrons. The van der Waals surface area contributed by atoms with Crippen LogP contribution in [0.15, 0.2) is 59.5 Å². The lowest BCUT2D eigenvalue weighted by molar-refractivity contribution is -0.174. The first kappa shape index (κ1) is 25.2. The topological polar surface area (TPSA) is 66.9 Å². The van der Waals surface area contributed by atoms with E-state index in [1.165, 1.54) is 0 Å². The molecule has 0 aromatic heterocycles. The maximum Gasteiger partial charge on any atom is 0.411 e. The molecule has 1 aliphatic heterocycles. The van der Waals surface area contributed by atoms with Crippen molar-refractivity contribution < 1.29 is 31.1 Å². The summed E-state index contributed by atoms with van der Waals surface area (Å²) in [5.41, 5.74) is 0.979. The van der Waals surface area contributed by atoms with E-state index in [9.17, 15) is 26.4 Å². The average Bonchev–Trinajstić information content (AvgIpc) is 2.78. The summed E-state index contributed by atoms with van der Waals surface area (Å²) in [6, 6.07) is 14.8. The molecule has 1 saturated heterocycles. The fourth-order valence-corrected chi connectivity index (χ4v) is 5.02. The predicted octanol–water partition coefficient (Wildman–Crippen LogP) is 3.39. The molecule has 2 aromatic carbocycles. The van der Waals surface area contributed by atoms with Crippen molar-refractivity contribution >= 4 is 15.7 Å². The van der Waals surface area contributed by atoms with Gasteiger partial charge in [-0.2, -0.15) is 13.2 Å². The summed E-state index contributed by atoms with van der Waals surface area (Å²) in [7, 11) is -3.51. The number of piperazine rings is 1. The number of carbonyl (C=O) groups is 1. The van der Waals surface area contributed by atoms with Crippen molar-refractivity contribution in [1.82, 2.24) is 9.80 Å². The summed E-state index contributed by atoms with van der Waals surface area (Å²) >= 11 is 0. The molecule has 0 saturated carbocycles. The summed E-state index contributed by atoms with van der Waals surface area (Å²) in [4.78, 5) is 17.0. The summed E-state index contributed by atoms with van der Waals surface area (Å²) < 4.78 is 66.1. The van der Waals surface area contributed by atoms with Crippen LogP contribution in [0, 0.1) is 0 Å². The summed E-state index contributed by atoms with van der Waals surface area (Å²) in [6.45, 7) is 1.63. The van der Waals surface area contributed by atoms with Crippen LogP contribution < -0.4 is 0 Å². The number of sulfone groups is 1. The van der Waals surface area contributed by atoms with Crippen molar-refractivity contribution in [3.8, 4) is 0 Å². The first-order valence-electron chi connectivity index (χ1n) is 10.7. The molecule has 1 aliphatic rings. The molecule has 10 heteroatoms. The minimum atomic E-state index is -4.31. The first-order chi connectivity index (χ1) is 15.6. The average molecular weight is 485 g/mol. The van der Waals surface area contributed by atoms with Crippen molar-refractivity contribution in [1.29, 1.82) is 0 Å². The van der Waals surface area contributed by atoms with Crippen molar-refractivity contribution in [3.05, 3.63) is 65.7 Å². The van der Waals surface area contributed by atoms with Crippen molar-refractivity contribution in [2.45, 2.75) is 23.2 Å². The van der Waals surface area contributed by atoms with Crippen LogP contribution in [0.25, 0.3) is 0 Å². The summed E-state index contributed by atoms with van der Waals surface area (Å²) in [5, 5.41) is 0. The molecule has 6 nitrogen and oxygen atoms in total. The first-order valence-corrected chi connectivity index (χ1v) is 12.3. The lowest BCUT2D eigenvalue weighted by atomic mass is 10.1.